The molecule has 1 aliphatic rings. The van der Waals surface area contributed by atoms with Crippen molar-refractivity contribution < 1.29 is 10.2 Å². The zero-order valence-electron chi connectivity index (χ0n) is 8.63. The minimum Gasteiger partial charge on any atom is -0.493 e. The number of hydrogen-bond acceptors (Lipinski definition) is 6. The number of aliphatic hydroxyl groups excluding tert-OH is 1. The summed E-state index contributed by atoms with van der Waals surface area (Å²) in [7, 11) is 2.04. The van der Waals surface area contributed by atoms with Gasteiger partial charge in [-0.3, -0.25) is 0 Å². The summed E-state index contributed by atoms with van der Waals surface area (Å²) in [4.78, 5) is 8.27. The number of hydrogen-bond donors (Lipinski definition) is 2. The number of likely N-dealkylation sites (N-methyl/N-ethyl adjacent to an activating group) is 1. The molecule has 0 bridgehead atoms. The highest BCUT2D eigenvalue weighted by Gasteiger charge is 2.26. The number of aromatic hydroxyl groups is 1. The standard InChI is InChI=1S/C9H15N3O2S/c1-11-2-3-12(7(4-11)5-13)9-10-8(14)6-15-9/h6-7,13-14H,2-5H2,1H3/t7-/m1/s1. The zero-order valence-corrected chi connectivity index (χ0v) is 9.44. The Morgan fingerprint density at radius 3 is 3.00 bits per heavy atom. The third-order valence-electron chi connectivity index (χ3n) is 2.62. The van der Waals surface area contributed by atoms with Crippen LogP contribution in [0.4, 0.5) is 5.13 Å². The Balaban J connectivity index is 2.13. The van der Waals surface area contributed by atoms with E-state index in [1.807, 2.05) is 7.05 Å². The van der Waals surface area contributed by atoms with Crippen molar-refractivity contribution in [3.63, 3.8) is 0 Å². The maximum absolute atomic E-state index is 9.29. The summed E-state index contributed by atoms with van der Waals surface area (Å²) in [5.41, 5.74) is 0. The van der Waals surface area contributed by atoms with Gasteiger partial charge in [0.2, 0.25) is 5.88 Å². The van der Waals surface area contributed by atoms with E-state index in [0.29, 0.717) is 0 Å². The minimum absolute atomic E-state index is 0.0608. The lowest BCUT2D eigenvalue weighted by molar-refractivity contribution is 0.191. The molecule has 0 aliphatic carbocycles. The predicted octanol–water partition coefficient (Wildman–Crippen LogP) is -0.0386. The lowest BCUT2D eigenvalue weighted by atomic mass is 10.2. The Morgan fingerprint density at radius 1 is 1.60 bits per heavy atom. The normalized spacial score (nSPS) is 23.3. The average molecular weight is 229 g/mol. The molecule has 2 N–H and O–H groups in total. The largest absolute Gasteiger partial charge is 0.493 e. The van der Waals surface area contributed by atoms with Gasteiger partial charge in [0.05, 0.1) is 18.0 Å². The van der Waals surface area contributed by atoms with Crippen molar-refractivity contribution in [3.05, 3.63) is 5.38 Å². The summed E-state index contributed by atoms with van der Waals surface area (Å²) in [5, 5.41) is 20.9. The maximum Gasteiger partial charge on any atom is 0.223 e. The smallest absolute Gasteiger partial charge is 0.223 e. The summed E-state index contributed by atoms with van der Waals surface area (Å²) in [6.07, 6.45) is 0. The Kier molecular flexibility index (Phi) is 3.08. The van der Waals surface area contributed by atoms with E-state index >= 15 is 0 Å². The Labute approximate surface area is 92.6 Å². The Morgan fingerprint density at radius 2 is 2.40 bits per heavy atom. The van der Waals surface area contributed by atoms with Crippen LogP contribution in [0.25, 0.3) is 0 Å². The predicted molar refractivity (Wildman–Crippen MR) is 59.5 cm³/mol. The van der Waals surface area contributed by atoms with Gasteiger partial charge in [-0.1, -0.05) is 0 Å². The van der Waals surface area contributed by atoms with Crippen LogP contribution in [0.1, 0.15) is 0 Å². The molecule has 15 heavy (non-hydrogen) atoms. The molecule has 1 aliphatic heterocycles. The number of aliphatic hydroxyl groups is 1. The van der Waals surface area contributed by atoms with Gasteiger partial charge in [0.25, 0.3) is 0 Å². The minimum atomic E-state index is 0.0608. The zero-order chi connectivity index (χ0) is 10.8. The van der Waals surface area contributed by atoms with E-state index in [0.717, 1.165) is 24.8 Å². The van der Waals surface area contributed by atoms with Gasteiger partial charge in [-0.25, -0.2) is 0 Å². The SMILES string of the molecule is CN1CCN(c2nc(O)cs2)[C@@H](CO)C1. The van der Waals surface area contributed by atoms with Crippen molar-refractivity contribution in [1.82, 2.24) is 9.88 Å². The van der Waals surface area contributed by atoms with Crippen LogP contribution >= 0.6 is 11.3 Å². The Bertz CT molecular complexity index is 331. The molecule has 0 unspecified atom stereocenters. The number of thiazole rings is 1. The van der Waals surface area contributed by atoms with Crippen LogP contribution in [0.15, 0.2) is 5.38 Å². The molecule has 0 aromatic carbocycles. The number of rotatable bonds is 2. The van der Waals surface area contributed by atoms with Gasteiger partial charge in [-0.2, -0.15) is 4.98 Å². The van der Waals surface area contributed by atoms with Crippen LogP contribution in [0.3, 0.4) is 0 Å². The van der Waals surface area contributed by atoms with E-state index < -0.39 is 0 Å². The summed E-state index contributed by atoms with van der Waals surface area (Å²) >= 11 is 1.41. The van der Waals surface area contributed by atoms with Gasteiger partial charge in [-0.15, -0.1) is 11.3 Å². The van der Waals surface area contributed by atoms with Crippen molar-refractivity contribution >= 4 is 16.5 Å². The molecule has 2 heterocycles. The number of anilines is 1. The van der Waals surface area contributed by atoms with Gasteiger partial charge in [0.1, 0.15) is 0 Å². The third kappa shape index (κ3) is 2.22. The van der Waals surface area contributed by atoms with Crippen molar-refractivity contribution in [2.45, 2.75) is 6.04 Å². The van der Waals surface area contributed by atoms with E-state index in [2.05, 4.69) is 14.8 Å². The van der Waals surface area contributed by atoms with Crippen LogP contribution in [0.2, 0.25) is 0 Å². The fourth-order valence-corrected chi connectivity index (χ4v) is 2.59. The molecule has 1 fully saturated rings. The fraction of sp³-hybridized carbons (Fsp3) is 0.667. The van der Waals surface area contributed by atoms with E-state index in [-0.39, 0.29) is 18.5 Å². The summed E-state index contributed by atoms with van der Waals surface area (Å²) in [6, 6.07) is 0.0781. The number of piperazine rings is 1. The van der Waals surface area contributed by atoms with E-state index in [1.165, 1.54) is 11.3 Å². The van der Waals surface area contributed by atoms with Crippen LogP contribution in [0.5, 0.6) is 5.88 Å². The second-order valence-electron chi connectivity index (χ2n) is 3.78. The van der Waals surface area contributed by atoms with Crippen molar-refractivity contribution in [2.24, 2.45) is 0 Å². The summed E-state index contributed by atoms with van der Waals surface area (Å²) in [5.74, 6) is 0.0608. The van der Waals surface area contributed by atoms with Crippen LogP contribution in [0, 0.1) is 0 Å². The molecule has 6 heteroatoms. The van der Waals surface area contributed by atoms with Crippen molar-refractivity contribution in [1.29, 1.82) is 0 Å². The first-order chi connectivity index (χ1) is 7.20. The number of aromatic nitrogens is 1. The topological polar surface area (TPSA) is 59.8 Å². The van der Waals surface area contributed by atoms with Gasteiger partial charge < -0.3 is 20.0 Å². The second kappa shape index (κ2) is 4.34. The molecule has 1 atom stereocenters. The summed E-state index contributed by atoms with van der Waals surface area (Å²) < 4.78 is 0. The monoisotopic (exact) mass is 229 g/mol. The van der Waals surface area contributed by atoms with Crippen molar-refractivity contribution in [3.8, 4) is 5.88 Å². The number of nitrogens with zero attached hydrogens (tertiary/aromatic N) is 3. The van der Waals surface area contributed by atoms with E-state index in [1.54, 1.807) is 5.38 Å². The molecule has 0 amide bonds. The molecule has 1 aromatic rings. The quantitative estimate of drug-likeness (QED) is 0.745. The highest BCUT2D eigenvalue weighted by Crippen LogP contribution is 2.26. The summed E-state index contributed by atoms with van der Waals surface area (Å²) in [6.45, 7) is 2.74. The van der Waals surface area contributed by atoms with Gasteiger partial charge in [0, 0.05) is 19.6 Å². The molecule has 1 aromatic heterocycles. The maximum atomic E-state index is 9.29. The molecule has 2 rings (SSSR count). The molecular formula is C9H15N3O2S. The molecule has 1 saturated heterocycles. The molecule has 5 nitrogen and oxygen atoms in total. The molecule has 0 spiro atoms. The van der Waals surface area contributed by atoms with E-state index in [9.17, 15) is 10.2 Å². The van der Waals surface area contributed by atoms with Crippen molar-refractivity contribution in [2.75, 3.05) is 38.2 Å². The first-order valence-corrected chi connectivity index (χ1v) is 5.79. The Hall–Kier alpha value is -0.850. The van der Waals surface area contributed by atoms with Gasteiger partial charge in [-0.05, 0) is 7.05 Å². The van der Waals surface area contributed by atoms with Crippen LogP contribution in [-0.4, -0.2) is 59.4 Å². The van der Waals surface area contributed by atoms with Crippen LogP contribution in [-0.2, 0) is 0 Å². The fourth-order valence-electron chi connectivity index (χ4n) is 1.81. The first kappa shape index (κ1) is 10.7. The van der Waals surface area contributed by atoms with Gasteiger partial charge in [0.15, 0.2) is 5.13 Å². The van der Waals surface area contributed by atoms with Gasteiger partial charge >= 0.3 is 0 Å². The van der Waals surface area contributed by atoms with Crippen LogP contribution < -0.4 is 4.90 Å². The third-order valence-corrected chi connectivity index (χ3v) is 3.49. The second-order valence-corrected chi connectivity index (χ2v) is 4.62. The van der Waals surface area contributed by atoms with E-state index in [4.69, 9.17) is 0 Å². The molecule has 0 radical (unpaired) electrons. The molecule has 0 saturated carbocycles. The molecule has 84 valence electrons. The average Bonchev–Trinajstić information content (AvgIpc) is 2.64. The highest BCUT2D eigenvalue weighted by molar-refractivity contribution is 7.13. The highest BCUT2D eigenvalue weighted by atomic mass is 32.1. The molecular weight excluding hydrogens is 214 g/mol. The lowest BCUT2D eigenvalue weighted by Gasteiger charge is -2.38. The lowest BCUT2D eigenvalue weighted by Crippen LogP contribution is -2.53. The first-order valence-electron chi connectivity index (χ1n) is 4.91.